The molecule has 126 valence electrons. The van der Waals surface area contributed by atoms with Crippen LogP contribution in [0.3, 0.4) is 0 Å². The van der Waals surface area contributed by atoms with Crippen LogP contribution in [0.4, 0.5) is 4.79 Å². The maximum Gasteiger partial charge on any atom is 0.426 e. The summed E-state index contributed by atoms with van der Waals surface area (Å²) in [6.45, 7) is 0.0183. The van der Waals surface area contributed by atoms with E-state index in [4.69, 9.17) is 13.9 Å². The van der Waals surface area contributed by atoms with Crippen molar-refractivity contribution in [2.45, 2.75) is 6.10 Å². The summed E-state index contributed by atoms with van der Waals surface area (Å²) in [5, 5.41) is 0. The summed E-state index contributed by atoms with van der Waals surface area (Å²) >= 11 is 0. The predicted molar refractivity (Wildman–Crippen MR) is 86.6 cm³/mol. The van der Waals surface area contributed by atoms with Gasteiger partial charge in [0.1, 0.15) is 18.5 Å². The zero-order valence-corrected chi connectivity index (χ0v) is 13.1. The van der Waals surface area contributed by atoms with Gasteiger partial charge in [-0.25, -0.2) is 10.2 Å². The number of furan rings is 1. The highest BCUT2D eigenvalue weighted by atomic mass is 16.6. The maximum atomic E-state index is 11.6. The molecule has 0 aliphatic rings. The molecule has 2 aromatic rings. The molecule has 0 aliphatic carbocycles. The van der Waals surface area contributed by atoms with Gasteiger partial charge in [-0.1, -0.05) is 30.3 Å². The minimum Gasteiger partial charge on any atom is -0.465 e. The van der Waals surface area contributed by atoms with Crippen molar-refractivity contribution in [2.75, 3.05) is 13.7 Å². The highest BCUT2D eigenvalue weighted by molar-refractivity contribution is 5.92. The lowest BCUT2D eigenvalue weighted by atomic mass is 10.1. The van der Waals surface area contributed by atoms with E-state index in [-0.39, 0.29) is 12.7 Å². The number of carbonyl (C=O) groups excluding carboxylic acids is 2. The van der Waals surface area contributed by atoms with Crippen LogP contribution in [0.25, 0.3) is 6.08 Å². The summed E-state index contributed by atoms with van der Waals surface area (Å²) in [4.78, 5) is 23.1. The molecular weight excluding hydrogens is 312 g/mol. The molecule has 1 atom stereocenters. The van der Waals surface area contributed by atoms with Crippen LogP contribution < -0.4 is 10.9 Å². The number of nitrogens with one attached hydrogen (secondary N) is 2. The van der Waals surface area contributed by atoms with E-state index in [9.17, 15) is 9.59 Å². The first-order valence-corrected chi connectivity index (χ1v) is 7.21. The SMILES string of the molecule is COC(COC(=O)NNC(=O)C=Cc1ccco1)c1ccccc1. The topological polar surface area (TPSA) is 89.8 Å². The van der Waals surface area contributed by atoms with Gasteiger partial charge >= 0.3 is 6.09 Å². The number of hydrogen-bond donors (Lipinski definition) is 2. The van der Waals surface area contributed by atoms with Crippen molar-refractivity contribution < 1.29 is 23.5 Å². The van der Waals surface area contributed by atoms with Gasteiger partial charge in [-0.05, 0) is 23.8 Å². The van der Waals surface area contributed by atoms with Gasteiger partial charge in [0.2, 0.25) is 0 Å². The summed E-state index contributed by atoms with van der Waals surface area (Å²) in [7, 11) is 1.53. The van der Waals surface area contributed by atoms with Crippen molar-refractivity contribution in [1.82, 2.24) is 10.9 Å². The first-order valence-electron chi connectivity index (χ1n) is 7.21. The largest absolute Gasteiger partial charge is 0.465 e. The Kier molecular flexibility index (Phi) is 6.60. The van der Waals surface area contributed by atoms with Gasteiger partial charge < -0.3 is 13.9 Å². The fourth-order valence-corrected chi connectivity index (χ4v) is 1.85. The van der Waals surface area contributed by atoms with Gasteiger partial charge in [-0.2, -0.15) is 0 Å². The molecule has 24 heavy (non-hydrogen) atoms. The summed E-state index contributed by atoms with van der Waals surface area (Å²) in [5.41, 5.74) is 5.23. The predicted octanol–water partition coefficient (Wildman–Crippen LogP) is 2.44. The molecule has 0 aliphatic heterocycles. The fourth-order valence-electron chi connectivity index (χ4n) is 1.85. The molecule has 7 nitrogen and oxygen atoms in total. The summed E-state index contributed by atoms with van der Waals surface area (Å²) in [5.74, 6) is 0.00762. The second-order valence-electron chi connectivity index (χ2n) is 4.70. The zero-order chi connectivity index (χ0) is 17.2. The molecule has 0 spiro atoms. The molecule has 1 heterocycles. The van der Waals surface area contributed by atoms with Crippen LogP contribution in [0.5, 0.6) is 0 Å². The minimum atomic E-state index is -0.785. The molecule has 1 unspecified atom stereocenters. The van der Waals surface area contributed by atoms with E-state index in [1.807, 2.05) is 30.3 Å². The van der Waals surface area contributed by atoms with Crippen LogP contribution >= 0.6 is 0 Å². The number of hydrazine groups is 1. The average Bonchev–Trinajstić information content (AvgIpc) is 3.13. The highest BCUT2D eigenvalue weighted by Crippen LogP contribution is 2.16. The number of hydrogen-bond acceptors (Lipinski definition) is 5. The third kappa shape index (κ3) is 5.62. The summed E-state index contributed by atoms with van der Waals surface area (Å²) in [6.07, 6.45) is 3.02. The van der Waals surface area contributed by atoms with Gasteiger partial charge in [-0.15, -0.1) is 0 Å². The Balaban J connectivity index is 1.72. The van der Waals surface area contributed by atoms with E-state index in [2.05, 4.69) is 10.9 Å². The number of benzene rings is 1. The molecule has 2 amide bonds. The Bertz CT molecular complexity index is 668. The molecular formula is C17H18N2O5. The lowest BCUT2D eigenvalue weighted by Gasteiger charge is -2.16. The molecule has 0 saturated heterocycles. The number of ether oxygens (including phenoxy) is 2. The highest BCUT2D eigenvalue weighted by Gasteiger charge is 2.13. The molecule has 7 heteroatoms. The average molecular weight is 330 g/mol. The fraction of sp³-hybridized carbons (Fsp3) is 0.176. The molecule has 2 rings (SSSR count). The standard InChI is InChI=1S/C17H18N2O5/c1-22-15(13-6-3-2-4-7-13)12-24-17(21)19-18-16(20)10-9-14-8-5-11-23-14/h2-11,15H,12H2,1H3,(H,18,20)(H,19,21). The van der Waals surface area contributed by atoms with Crippen LogP contribution in [-0.2, 0) is 14.3 Å². The van der Waals surface area contributed by atoms with Crippen molar-refractivity contribution >= 4 is 18.1 Å². The van der Waals surface area contributed by atoms with Crippen LogP contribution in [0.15, 0.2) is 59.2 Å². The third-order valence-corrected chi connectivity index (χ3v) is 3.05. The molecule has 0 saturated carbocycles. The van der Waals surface area contributed by atoms with Crippen LogP contribution in [-0.4, -0.2) is 25.7 Å². The molecule has 2 N–H and O–H groups in total. The van der Waals surface area contributed by atoms with E-state index in [1.165, 1.54) is 25.5 Å². The molecule has 0 bridgehead atoms. The number of amides is 2. The summed E-state index contributed by atoms with van der Waals surface area (Å²) in [6, 6.07) is 12.8. The normalized spacial score (nSPS) is 11.9. The molecule has 1 aromatic heterocycles. The van der Waals surface area contributed by atoms with Gasteiger partial charge in [-0.3, -0.25) is 10.2 Å². The van der Waals surface area contributed by atoms with Gasteiger partial charge in [0, 0.05) is 13.2 Å². The van der Waals surface area contributed by atoms with E-state index in [1.54, 1.807) is 12.1 Å². The van der Waals surface area contributed by atoms with Crippen molar-refractivity contribution in [1.29, 1.82) is 0 Å². The maximum absolute atomic E-state index is 11.6. The quantitative estimate of drug-likeness (QED) is 0.627. The van der Waals surface area contributed by atoms with Crippen molar-refractivity contribution in [2.24, 2.45) is 0 Å². The Labute approximate surface area is 139 Å². The molecule has 0 radical (unpaired) electrons. The Morgan fingerprint density at radius 2 is 1.96 bits per heavy atom. The minimum absolute atomic E-state index is 0.0183. The Morgan fingerprint density at radius 1 is 1.17 bits per heavy atom. The first-order chi connectivity index (χ1) is 11.7. The molecule has 1 aromatic carbocycles. The zero-order valence-electron chi connectivity index (χ0n) is 13.1. The first kappa shape index (κ1) is 17.3. The van der Waals surface area contributed by atoms with Crippen LogP contribution in [0.2, 0.25) is 0 Å². The summed E-state index contributed by atoms with van der Waals surface area (Å²) < 4.78 is 15.3. The number of rotatable bonds is 6. The Morgan fingerprint density at radius 3 is 2.62 bits per heavy atom. The number of carbonyl (C=O) groups is 2. The second kappa shape index (κ2) is 9.16. The van der Waals surface area contributed by atoms with Crippen LogP contribution in [0.1, 0.15) is 17.4 Å². The van der Waals surface area contributed by atoms with Crippen LogP contribution in [0, 0.1) is 0 Å². The van der Waals surface area contributed by atoms with E-state index in [0.717, 1.165) is 5.56 Å². The van der Waals surface area contributed by atoms with Crippen molar-refractivity contribution in [3.63, 3.8) is 0 Å². The van der Waals surface area contributed by atoms with E-state index >= 15 is 0 Å². The molecule has 0 fully saturated rings. The monoisotopic (exact) mass is 330 g/mol. The van der Waals surface area contributed by atoms with Gasteiger partial charge in [0.05, 0.1) is 6.26 Å². The van der Waals surface area contributed by atoms with E-state index in [0.29, 0.717) is 5.76 Å². The van der Waals surface area contributed by atoms with Gasteiger partial charge in [0.25, 0.3) is 5.91 Å². The lowest BCUT2D eigenvalue weighted by Crippen LogP contribution is -2.41. The Hall–Kier alpha value is -3.06. The second-order valence-corrected chi connectivity index (χ2v) is 4.70. The lowest BCUT2D eigenvalue weighted by molar-refractivity contribution is -0.117. The van der Waals surface area contributed by atoms with Gasteiger partial charge in [0.15, 0.2) is 0 Å². The van der Waals surface area contributed by atoms with Crippen molar-refractivity contribution in [3.8, 4) is 0 Å². The smallest absolute Gasteiger partial charge is 0.426 e. The third-order valence-electron chi connectivity index (χ3n) is 3.05. The number of methoxy groups -OCH3 is 1. The van der Waals surface area contributed by atoms with Crippen molar-refractivity contribution in [3.05, 3.63) is 66.1 Å². The van der Waals surface area contributed by atoms with E-state index < -0.39 is 12.0 Å².